The van der Waals surface area contributed by atoms with E-state index in [1.165, 1.54) is 31.2 Å². The van der Waals surface area contributed by atoms with Crippen molar-refractivity contribution in [2.75, 3.05) is 6.61 Å². The molecule has 30 heavy (non-hydrogen) atoms. The minimum absolute atomic E-state index is 0.0557. The maximum atomic E-state index is 14.8. The molecule has 1 heterocycles. The van der Waals surface area contributed by atoms with Gasteiger partial charge in [0.15, 0.2) is 26.5 Å². The molecule has 1 fully saturated rings. The number of carbonyl (C=O) groups is 1. The molecule has 1 saturated carbocycles. The summed E-state index contributed by atoms with van der Waals surface area (Å²) >= 11 is 9.21. The minimum Gasteiger partial charge on any atom is -0.490 e. The van der Waals surface area contributed by atoms with Crippen LogP contribution in [0.25, 0.3) is 0 Å². The van der Waals surface area contributed by atoms with Gasteiger partial charge in [0, 0.05) is 17.9 Å². The first-order valence-electron chi connectivity index (χ1n) is 9.42. The fourth-order valence-corrected chi connectivity index (χ4v) is 6.87. The van der Waals surface area contributed by atoms with Gasteiger partial charge in [0.05, 0.1) is 17.1 Å². The first-order valence-corrected chi connectivity index (χ1v) is 11.7. The van der Waals surface area contributed by atoms with E-state index in [0.29, 0.717) is 17.9 Å². The Morgan fingerprint density at radius 3 is 2.37 bits per heavy atom. The van der Waals surface area contributed by atoms with Crippen molar-refractivity contribution in [3.05, 3.63) is 58.6 Å². The Morgan fingerprint density at radius 2 is 1.73 bits per heavy atom. The molecule has 0 aromatic heterocycles. The van der Waals surface area contributed by atoms with E-state index in [0.717, 1.165) is 18.6 Å². The zero-order valence-corrected chi connectivity index (χ0v) is 18.7. The number of ether oxygens (including phenoxy) is 1. The van der Waals surface area contributed by atoms with Crippen molar-refractivity contribution in [2.45, 2.75) is 42.2 Å². The van der Waals surface area contributed by atoms with Crippen LogP contribution in [0.1, 0.15) is 38.2 Å². The zero-order valence-electron chi connectivity index (χ0n) is 16.2. The van der Waals surface area contributed by atoms with Crippen LogP contribution in [0.15, 0.2) is 41.3 Å². The van der Waals surface area contributed by atoms with E-state index in [9.17, 15) is 22.0 Å². The Hall–Kier alpha value is -1.64. The lowest BCUT2D eigenvalue weighted by molar-refractivity contribution is -0.108. The number of fused-ring (bicyclic) bond motifs is 3. The molecule has 9 heteroatoms. The summed E-state index contributed by atoms with van der Waals surface area (Å²) in [4.78, 5) is 9.37. The average molecular weight is 475 g/mol. The lowest BCUT2D eigenvalue weighted by atomic mass is 9.73. The van der Waals surface area contributed by atoms with E-state index in [-0.39, 0.29) is 34.4 Å². The Bertz CT molecular complexity index is 1050. The first kappa shape index (κ1) is 23.0. The molecule has 2 aliphatic rings. The van der Waals surface area contributed by atoms with Gasteiger partial charge in [0.1, 0.15) is 10.6 Å². The van der Waals surface area contributed by atoms with E-state index < -0.39 is 32.1 Å². The van der Waals surface area contributed by atoms with Gasteiger partial charge in [-0.2, -0.15) is 0 Å². The number of rotatable bonds is 2. The summed E-state index contributed by atoms with van der Waals surface area (Å²) in [5, 5.41) is 0.270. The summed E-state index contributed by atoms with van der Waals surface area (Å²) < 4.78 is 60.5. The van der Waals surface area contributed by atoms with Crippen molar-refractivity contribution in [3.8, 4) is 5.75 Å². The monoisotopic (exact) mass is 474 g/mol. The van der Waals surface area contributed by atoms with Gasteiger partial charge in [-0.3, -0.25) is 4.79 Å². The maximum Gasteiger partial charge on any atom is 0.188 e. The molecular formula is C21H21ClF2O4S2. The molecule has 0 amide bonds. The largest absolute Gasteiger partial charge is 0.490 e. The number of hydrogen-bond donors (Lipinski definition) is 1. The van der Waals surface area contributed by atoms with Gasteiger partial charge in [-0.1, -0.05) is 24.4 Å². The lowest BCUT2D eigenvalue weighted by Crippen LogP contribution is -2.50. The van der Waals surface area contributed by atoms with Crippen LogP contribution in [-0.2, 0) is 19.4 Å². The maximum absolute atomic E-state index is 14.8. The summed E-state index contributed by atoms with van der Waals surface area (Å²) in [5.74, 6) is -2.19. The van der Waals surface area contributed by atoms with Gasteiger partial charge in [0.25, 0.3) is 0 Å². The van der Waals surface area contributed by atoms with E-state index in [1.807, 2.05) is 0 Å². The predicted molar refractivity (Wildman–Crippen MR) is 114 cm³/mol. The second kappa shape index (κ2) is 8.85. The third kappa shape index (κ3) is 3.97. The Morgan fingerprint density at radius 1 is 1.13 bits per heavy atom. The molecule has 1 aliphatic carbocycles. The fourth-order valence-electron chi connectivity index (χ4n) is 4.33. The van der Waals surface area contributed by atoms with Crippen LogP contribution in [0, 0.1) is 17.6 Å². The molecule has 2 aromatic rings. The molecule has 162 valence electrons. The average Bonchev–Trinajstić information content (AvgIpc) is 2.70. The minimum atomic E-state index is -4.00. The topological polar surface area (TPSA) is 60.4 Å². The normalized spacial score (nSPS) is 22.6. The molecule has 1 aliphatic heterocycles. The lowest BCUT2D eigenvalue weighted by Gasteiger charge is -2.47. The molecule has 0 N–H and O–H groups in total. The van der Waals surface area contributed by atoms with Crippen molar-refractivity contribution in [3.63, 3.8) is 0 Å². The molecule has 0 radical (unpaired) electrons. The van der Waals surface area contributed by atoms with Gasteiger partial charge in [0.2, 0.25) is 0 Å². The number of halogens is 3. The van der Waals surface area contributed by atoms with Crippen molar-refractivity contribution >= 4 is 39.2 Å². The molecule has 0 spiro atoms. The van der Waals surface area contributed by atoms with Crippen LogP contribution in [0.4, 0.5) is 8.78 Å². The van der Waals surface area contributed by atoms with E-state index in [1.54, 1.807) is 0 Å². The van der Waals surface area contributed by atoms with Crippen LogP contribution in [0.2, 0.25) is 5.02 Å². The van der Waals surface area contributed by atoms with Crippen LogP contribution in [0.5, 0.6) is 5.75 Å². The van der Waals surface area contributed by atoms with Crippen molar-refractivity contribution in [1.29, 1.82) is 0 Å². The highest BCUT2D eigenvalue weighted by molar-refractivity contribution is 7.96. The zero-order chi connectivity index (χ0) is 22.1. The van der Waals surface area contributed by atoms with Crippen LogP contribution in [-0.4, -0.2) is 20.1 Å². The Balaban J connectivity index is 0.000000589. The quantitative estimate of drug-likeness (QED) is 0.597. The van der Waals surface area contributed by atoms with Gasteiger partial charge in [-0.25, -0.2) is 17.2 Å². The molecule has 4 rings (SSSR count). The Labute approximate surface area is 184 Å². The first-order chi connectivity index (χ1) is 14.1. The number of thiol groups is 1. The van der Waals surface area contributed by atoms with Crippen molar-refractivity contribution in [1.82, 2.24) is 0 Å². The molecule has 1 unspecified atom stereocenters. The van der Waals surface area contributed by atoms with E-state index >= 15 is 0 Å². The van der Waals surface area contributed by atoms with E-state index in [2.05, 4.69) is 12.6 Å². The molecule has 2 aromatic carbocycles. The van der Waals surface area contributed by atoms with Crippen molar-refractivity contribution in [2.24, 2.45) is 5.92 Å². The number of carbonyl (C=O) groups excluding carboxylic acids is 1. The second-order valence-corrected chi connectivity index (χ2v) is 10.6. The molecular weight excluding hydrogens is 454 g/mol. The van der Waals surface area contributed by atoms with E-state index in [4.69, 9.17) is 16.3 Å². The van der Waals surface area contributed by atoms with Gasteiger partial charge in [-0.15, -0.1) is 12.6 Å². The molecule has 0 saturated heterocycles. The highest BCUT2D eigenvalue weighted by atomic mass is 35.5. The van der Waals surface area contributed by atoms with Gasteiger partial charge in [-0.05, 0) is 49.2 Å². The summed E-state index contributed by atoms with van der Waals surface area (Å²) in [6.07, 6.45) is 2.28. The molecule has 0 bridgehead atoms. The summed E-state index contributed by atoms with van der Waals surface area (Å²) in [6, 6.07) is 7.78. The molecule has 2 atom stereocenters. The third-order valence-electron chi connectivity index (χ3n) is 5.52. The molecule has 4 nitrogen and oxygen atoms in total. The second-order valence-electron chi connectivity index (χ2n) is 7.35. The highest BCUT2D eigenvalue weighted by Crippen LogP contribution is 2.56. The van der Waals surface area contributed by atoms with Crippen LogP contribution >= 0.6 is 24.2 Å². The predicted octanol–water partition coefficient (Wildman–Crippen LogP) is 5.33. The number of sulfone groups is 1. The van der Waals surface area contributed by atoms with Crippen LogP contribution < -0.4 is 4.74 Å². The number of benzene rings is 2. The van der Waals surface area contributed by atoms with Crippen LogP contribution in [0.3, 0.4) is 0 Å². The van der Waals surface area contributed by atoms with Gasteiger partial charge >= 0.3 is 0 Å². The Kier molecular flexibility index (Phi) is 6.79. The summed E-state index contributed by atoms with van der Waals surface area (Å²) in [5.41, 5.74) is -0.164. The number of hydrogen-bond acceptors (Lipinski definition) is 4. The SMILES string of the molecule is CC(=O)S.O=S(=O)(c1ccc(Cl)cc1)[C@@]12CCCCC1COc1c(F)ccc(F)c12. The standard InChI is InChI=1S/C19H17ClF2O3S.C2H4OS/c20-13-4-6-14(7-5-13)26(23,24)19-10-2-1-3-12(19)11-25-18-16(22)9-8-15(21)17(18)19;1-2(3)4/h4-9,12H,1-3,10-11H2;1H3,(H,3,4)/t12?,19-;/m0./s1. The highest BCUT2D eigenvalue weighted by Gasteiger charge is 2.58. The van der Waals surface area contributed by atoms with Crippen molar-refractivity contribution < 1.29 is 26.7 Å². The summed E-state index contributed by atoms with van der Waals surface area (Å²) in [6.45, 7) is 1.45. The van der Waals surface area contributed by atoms with Gasteiger partial charge < -0.3 is 4.74 Å². The third-order valence-corrected chi connectivity index (χ3v) is 8.37. The fraction of sp³-hybridized carbons (Fsp3) is 0.381. The smallest absolute Gasteiger partial charge is 0.188 e. The summed E-state index contributed by atoms with van der Waals surface area (Å²) in [7, 11) is -4.00.